The second-order valence-electron chi connectivity index (χ2n) is 3.78. The molecular weight excluding hydrogens is 202 g/mol. The fourth-order valence-corrected chi connectivity index (χ4v) is 1.40. The number of benzene rings is 1. The fourth-order valence-electron chi connectivity index (χ4n) is 1.40. The smallest absolute Gasteiger partial charge is 0.287 e. The van der Waals surface area contributed by atoms with Crippen molar-refractivity contribution in [2.24, 2.45) is 7.05 Å². The van der Waals surface area contributed by atoms with Gasteiger partial charge in [-0.1, -0.05) is 17.7 Å². The Morgan fingerprint density at radius 3 is 2.56 bits per heavy atom. The minimum Gasteiger partial charge on any atom is -0.287 e. The zero-order chi connectivity index (χ0) is 11.5. The summed E-state index contributed by atoms with van der Waals surface area (Å²) in [6, 6.07) is 7.54. The second-order valence-corrected chi connectivity index (χ2v) is 3.78. The topological polar surface area (TPSA) is 37.9 Å². The zero-order valence-corrected chi connectivity index (χ0v) is 9.34. The molecule has 0 unspecified atom stereocenters. The molecule has 1 aromatic carbocycles. The molecule has 0 saturated heterocycles. The van der Waals surface area contributed by atoms with E-state index in [1.165, 1.54) is 10.1 Å². The molecule has 82 valence electrons. The molecule has 0 spiro atoms. The quantitative estimate of drug-likeness (QED) is 0.724. The Kier molecular flexibility index (Phi) is 2.72. The van der Waals surface area contributed by atoms with Crippen molar-refractivity contribution in [2.45, 2.75) is 6.92 Å². The molecule has 1 heterocycles. The van der Waals surface area contributed by atoms with Gasteiger partial charge in [-0.3, -0.25) is 5.32 Å². The van der Waals surface area contributed by atoms with Gasteiger partial charge in [-0.2, -0.15) is 4.57 Å². The number of amides is 1. The molecular formula is C12H14N3O+. The van der Waals surface area contributed by atoms with Gasteiger partial charge in [0.2, 0.25) is 0 Å². The lowest BCUT2D eigenvalue weighted by molar-refractivity contribution is -0.670. The number of imidazole rings is 1. The third-order valence-corrected chi connectivity index (χ3v) is 2.31. The van der Waals surface area contributed by atoms with Crippen molar-refractivity contribution in [3.05, 3.63) is 48.5 Å². The fraction of sp³-hybridized carbons (Fsp3) is 0.167. The number of carbonyl (C=O) groups excluding carboxylic acids is 1. The molecule has 1 amide bonds. The number of aryl methyl sites for hydroxylation is 2. The maximum Gasteiger partial charge on any atom is 0.417 e. The van der Waals surface area contributed by atoms with Gasteiger partial charge < -0.3 is 0 Å². The van der Waals surface area contributed by atoms with Crippen LogP contribution in [0, 0.1) is 6.92 Å². The Labute approximate surface area is 94.1 Å². The monoisotopic (exact) mass is 216 g/mol. The van der Waals surface area contributed by atoms with Gasteiger partial charge in [0.1, 0.15) is 12.4 Å². The van der Waals surface area contributed by atoms with Crippen LogP contribution in [0.15, 0.2) is 43.0 Å². The van der Waals surface area contributed by atoms with Crippen molar-refractivity contribution < 1.29 is 9.36 Å². The first-order valence-corrected chi connectivity index (χ1v) is 5.06. The Balaban J connectivity index is 2.10. The highest BCUT2D eigenvalue weighted by atomic mass is 16.2. The summed E-state index contributed by atoms with van der Waals surface area (Å²) in [6.45, 7) is 2.01. The second kappa shape index (κ2) is 4.18. The van der Waals surface area contributed by atoms with Crippen molar-refractivity contribution in [1.29, 1.82) is 0 Å². The van der Waals surface area contributed by atoms with Crippen LogP contribution < -0.4 is 9.88 Å². The Bertz CT molecular complexity index is 499. The van der Waals surface area contributed by atoms with Gasteiger partial charge >= 0.3 is 6.03 Å². The normalized spacial score (nSPS) is 10.1. The molecule has 0 saturated carbocycles. The molecule has 1 aromatic heterocycles. The number of nitrogens with zero attached hydrogens (tertiary/aromatic N) is 2. The molecule has 0 aliphatic heterocycles. The first-order valence-electron chi connectivity index (χ1n) is 5.06. The van der Waals surface area contributed by atoms with Crippen LogP contribution in [0.4, 0.5) is 10.5 Å². The zero-order valence-electron chi connectivity index (χ0n) is 9.34. The highest BCUT2D eigenvalue weighted by Gasteiger charge is 2.10. The summed E-state index contributed by atoms with van der Waals surface area (Å²) in [7, 11) is 1.87. The van der Waals surface area contributed by atoms with Crippen LogP contribution in [0.1, 0.15) is 5.56 Å². The van der Waals surface area contributed by atoms with E-state index in [0.29, 0.717) is 0 Å². The minimum absolute atomic E-state index is 0.163. The van der Waals surface area contributed by atoms with Crippen LogP contribution in [0.2, 0.25) is 0 Å². The van der Waals surface area contributed by atoms with E-state index >= 15 is 0 Å². The summed E-state index contributed by atoms with van der Waals surface area (Å²) >= 11 is 0. The van der Waals surface area contributed by atoms with Gasteiger partial charge in [-0.05, 0) is 19.1 Å². The number of hydrogen-bond acceptors (Lipinski definition) is 1. The predicted octanol–water partition coefficient (Wildman–Crippen LogP) is 1.70. The van der Waals surface area contributed by atoms with E-state index in [9.17, 15) is 4.79 Å². The van der Waals surface area contributed by atoms with Crippen LogP contribution in [0.3, 0.4) is 0 Å². The Morgan fingerprint density at radius 1 is 1.31 bits per heavy atom. The summed E-state index contributed by atoms with van der Waals surface area (Å²) < 4.78 is 3.31. The highest BCUT2D eigenvalue weighted by Crippen LogP contribution is 2.08. The third kappa shape index (κ3) is 2.28. The maximum absolute atomic E-state index is 11.8. The Morgan fingerprint density at radius 2 is 2.00 bits per heavy atom. The average Bonchev–Trinajstić information content (AvgIpc) is 2.68. The number of aromatic nitrogens is 2. The van der Waals surface area contributed by atoms with Gasteiger partial charge in [0, 0.05) is 5.69 Å². The number of rotatable bonds is 1. The van der Waals surface area contributed by atoms with Crippen molar-refractivity contribution >= 4 is 11.7 Å². The van der Waals surface area contributed by atoms with E-state index < -0.39 is 0 Å². The van der Waals surface area contributed by atoms with Crippen molar-refractivity contribution in [3.63, 3.8) is 0 Å². The highest BCUT2D eigenvalue weighted by molar-refractivity contribution is 5.90. The summed E-state index contributed by atoms with van der Waals surface area (Å²) in [5.41, 5.74) is 1.97. The molecule has 4 heteroatoms. The van der Waals surface area contributed by atoms with Crippen molar-refractivity contribution in [2.75, 3.05) is 5.32 Å². The van der Waals surface area contributed by atoms with Gasteiger partial charge in [-0.25, -0.2) is 9.36 Å². The maximum atomic E-state index is 11.8. The van der Waals surface area contributed by atoms with Gasteiger partial charge in [-0.15, -0.1) is 0 Å². The summed E-state index contributed by atoms with van der Waals surface area (Å²) in [5.74, 6) is 0. The van der Waals surface area contributed by atoms with E-state index in [-0.39, 0.29) is 6.03 Å². The summed E-state index contributed by atoms with van der Waals surface area (Å²) in [5, 5.41) is 2.81. The van der Waals surface area contributed by atoms with E-state index in [2.05, 4.69) is 5.32 Å². The lowest BCUT2D eigenvalue weighted by Crippen LogP contribution is -2.26. The van der Waals surface area contributed by atoms with Gasteiger partial charge in [0.15, 0.2) is 0 Å². The number of nitrogens with one attached hydrogen (secondary N) is 1. The van der Waals surface area contributed by atoms with E-state index in [0.717, 1.165) is 5.69 Å². The van der Waals surface area contributed by atoms with Crippen molar-refractivity contribution in [1.82, 2.24) is 4.57 Å². The number of hydrogen-bond donors (Lipinski definition) is 1. The predicted molar refractivity (Wildman–Crippen MR) is 61.2 cm³/mol. The Hall–Kier alpha value is -2.10. The molecule has 16 heavy (non-hydrogen) atoms. The molecule has 0 bridgehead atoms. The van der Waals surface area contributed by atoms with Crippen LogP contribution >= 0.6 is 0 Å². The van der Waals surface area contributed by atoms with E-state index in [1.54, 1.807) is 12.5 Å². The molecule has 0 fully saturated rings. The van der Waals surface area contributed by atoms with Crippen LogP contribution in [0.25, 0.3) is 0 Å². The largest absolute Gasteiger partial charge is 0.417 e. The molecule has 0 aliphatic carbocycles. The lowest BCUT2D eigenvalue weighted by atomic mass is 10.2. The standard InChI is InChI=1S/C12H13N3O/c1-10-3-5-11(6-4-10)13-12(16)15-8-7-14(2)9-15/h3-9H,1-2H3/p+1. The third-order valence-electron chi connectivity index (χ3n) is 2.31. The van der Waals surface area contributed by atoms with Crippen LogP contribution in [0.5, 0.6) is 0 Å². The number of anilines is 1. The summed E-state index contributed by atoms with van der Waals surface area (Å²) in [6.07, 6.45) is 5.24. The molecule has 2 aromatic rings. The van der Waals surface area contributed by atoms with Crippen molar-refractivity contribution in [3.8, 4) is 0 Å². The van der Waals surface area contributed by atoms with Crippen LogP contribution in [-0.2, 0) is 7.05 Å². The molecule has 0 aliphatic rings. The molecule has 0 atom stereocenters. The molecule has 1 N–H and O–H groups in total. The van der Waals surface area contributed by atoms with Gasteiger partial charge in [0.25, 0.3) is 6.33 Å². The molecule has 0 radical (unpaired) electrons. The van der Waals surface area contributed by atoms with Gasteiger partial charge in [0.05, 0.1) is 7.05 Å². The van der Waals surface area contributed by atoms with E-state index in [4.69, 9.17) is 0 Å². The number of carbonyl (C=O) groups is 1. The lowest BCUT2D eigenvalue weighted by Gasteiger charge is -2.01. The minimum atomic E-state index is -0.163. The molecule has 2 rings (SSSR count). The van der Waals surface area contributed by atoms with Crippen LogP contribution in [-0.4, -0.2) is 10.6 Å². The van der Waals surface area contributed by atoms with E-state index in [1.807, 2.05) is 49.0 Å². The molecule has 4 nitrogen and oxygen atoms in total. The average molecular weight is 216 g/mol. The SMILES string of the molecule is Cc1ccc(NC(=O)n2cc[n+](C)c2)cc1. The first-order chi connectivity index (χ1) is 7.65. The first kappa shape index (κ1) is 10.4. The summed E-state index contributed by atoms with van der Waals surface area (Å²) in [4.78, 5) is 11.8.